The van der Waals surface area contributed by atoms with Crippen LogP contribution in [0.15, 0.2) is 0 Å². The Morgan fingerprint density at radius 2 is 1.25 bits per heavy atom. The predicted octanol–water partition coefficient (Wildman–Crippen LogP) is -2.64. The van der Waals surface area contributed by atoms with E-state index in [2.05, 4.69) is 34.3 Å². The minimum absolute atomic E-state index is 0. The molecule has 0 aromatic carbocycles. The van der Waals surface area contributed by atoms with Gasteiger partial charge in [0.15, 0.2) is 0 Å². The Labute approximate surface area is 76.8 Å². The Morgan fingerprint density at radius 1 is 1.25 bits per heavy atom. The van der Waals surface area contributed by atoms with Crippen LogP contribution in [0.1, 0.15) is 0 Å². The molecule has 0 radical (unpaired) electrons. The molecular weight excluding hydrogens is 463 g/mol. The molecule has 0 saturated heterocycles. The van der Waals surface area contributed by atoms with Gasteiger partial charge >= 0.3 is 57.4 Å². The maximum absolute atomic E-state index is 2.56. The third-order valence-corrected chi connectivity index (χ3v) is 0. The molecule has 0 N–H and O–H groups in total. The average molecular weight is 470 g/mol. The predicted molar refractivity (Wildman–Crippen MR) is 21.3 cm³/mol. The van der Waals surface area contributed by atoms with E-state index in [1.54, 1.807) is 0 Å². The summed E-state index contributed by atoms with van der Waals surface area (Å²) in [6.45, 7) is 0. The van der Waals surface area contributed by atoms with Crippen molar-refractivity contribution >= 4 is 23.1 Å². The van der Waals surface area contributed by atoms with Gasteiger partial charge < -0.3 is 0 Å². The Balaban J connectivity index is -0.00000000500. The summed E-state index contributed by atoms with van der Waals surface area (Å²) in [5.41, 5.74) is 1.22. The third-order valence-electron chi connectivity index (χ3n) is 0. The monoisotopic (exact) mass is 470 g/mol. The Hall–Kier alpha value is 2.69. The molecule has 0 aliphatic carbocycles. The molecule has 0 aliphatic heterocycles. The van der Waals surface area contributed by atoms with E-state index >= 15 is 0 Å². The van der Waals surface area contributed by atoms with Crippen LogP contribution in [0.25, 0.3) is 0 Å². The Kier molecular flexibility index (Phi) is 68.7. The first-order chi connectivity index (χ1) is 1.00. The summed E-state index contributed by atoms with van der Waals surface area (Å²) in [5, 5.41) is 0. The summed E-state index contributed by atoms with van der Waals surface area (Å²) >= 11 is 2.56. The van der Waals surface area contributed by atoms with E-state index in [1.807, 2.05) is 0 Å². The van der Waals surface area contributed by atoms with Gasteiger partial charge in [-0.05, 0) is 0 Å². The fraction of sp³-hybridized carbons (Fsp3) is 0. The zero-order valence-electron chi connectivity index (χ0n) is 1.60. The van der Waals surface area contributed by atoms with Gasteiger partial charge in [-0.3, -0.25) is 0 Å². The van der Waals surface area contributed by atoms with Crippen LogP contribution in [0.5, 0.6) is 0 Å². The molecule has 0 fully saturated rings. The van der Waals surface area contributed by atoms with E-state index < -0.39 is 0 Å². The van der Waals surface area contributed by atoms with Gasteiger partial charge in [0.1, 0.15) is 0 Å². The summed E-state index contributed by atoms with van der Waals surface area (Å²) in [5.74, 6) is 0. The van der Waals surface area contributed by atoms with Crippen molar-refractivity contribution < 1.29 is 55.4 Å². The average Bonchev–Trinajstić information content (AvgIpc) is 1.00. The molecule has 0 heterocycles. The molecule has 4 heavy (non-hydrogen) atoms. The van der Waals surface area contributed by atoms with Gasteiger partial charge in [0, 0.05) is 21.1 Å². The van der Waals surface area contributed by atoms with Gasteiger partial charge in [-0.25, -0.2) is 0 Å². The van der Waals surface area contributed by atoms with E-state index in [4.69, 9.17) is 0 Å². The molecule has 0 bridgehead atoms. The fourth-order valence-electron chi connectivity index (χ4n) is 0. The summed E-state index contributed by atoms with van der Waals surface area (Å²) in [4.78, 5) is 0. The fourth-order valence-corrected chi connectivity index (χ4v) is 0. The van der Waals surface area contributed by atoms with Gasteiger partial charge in [0.25, 0.3) is 0 Å². The maximum atomic E-state index is 2.56. The molecule has 0 atom stereocenters. The van der Waals surface area contributed by atoms with Crippen molar-refractivity contribution in [2.45, 2.75) is 0 Å². The van der Waals surface area contributed by atoms with Crippen LogP contribution in [0.2, 0.25) is 0 Å². The molecule has 0 aromatic heterocycles. The number of hydrogen-bond donors (Lipinski definition) is 0. The second-order valence-corrected chi connectivity index (χ2v) is 0. The molecule has 0 unspecified atom stereocenters. The Bertz CT molecular complexity index is 8.00. The van der Waals surface area contributed by atoms with Crippen molar-refractivity contribution in [3.8, 4) is 0 Å². The van der Waals surface area contributed by atoms with Crippen LogP contribution in [0.3, 0.4) is 0 Å². The molecule has 0 rings (SSSR count). The van der Waals surface area contributed by atoms with Crippen molar-refractivity contribution in [2.75, 3.05) is 0 Å². The van der Waals surface area contributed by atoms with Gasteiger partial charge in [0.2, 0.25) is 0 Å². The number of hydrogen-bond acceptors (Lipinski definition) is 0. The first-order valence-electron chi connectivity index (χ1n) is 0.289. The normalized spacial score (nSPS) is 2.50. The molecule has 4 heteroatoms. The van der Waals surface area contributed by atoms with Crippen LogP contribution in [-0.4, -0.2) is 23.1 Å². The minimum atomic E-state index is 0. The SMILES string of the molecule is [GeH4].[Pt].[SiH3][Er]. The summed E-state index contributed by atoms with van der Waals surface area (Å²) in [6, 6.07) is 0. The molecule has 37 valence electrons. The van der Waals surface area contributed by atoms with Crippen LogP contribution in [-0.2, 0) is 21.1 Å². The van der Waals surface area contributed by atoms with Crippen molar-refractivity contribution in [1.82, 2.24) is 0 Å². The van der Waals surface area contributed by atoms with Gasteiger partial charge in [-0.2, -0.15) is 0 Å². The topological polar surface area (TPSA) is 0 Å². The molecule has 0 saturated carbocycles. The quantitative estimate of drug-likeness (QED) is 0.340. The molecule has 0 aliphatic rings. The second kappa shape index (κ2) is 17.3. The van der Waals surface area contributed by atoms with E-state index in [1.165, 1.54) is 5.46 Å². The van der Waals surface area contributed by atoms with Crippen molar-refractivity contribution in [3.05, 3.63) is 0 Å². The third kappa shape index (κ3) is 8.83. The first kappa shape index (κ1) is 15.9. The van der Waals surface area contributed by atoms with Gasteiger partial charge in [-0.15, -0.1) is 0 Å². The van der Waals surface area contributed by atoms with Crippen LogP contribution in [0.4, 0.5) is 0 Å². The van der Waals surface area contributed by atoms with E-state index in [0.717, 1.165) is 0 Å². The summed E-state index contributed by atoms with van der Waals surface area (Å²) in [6.07, 6.45) is 0. The molecule has 0 aromatic rings. The van der Waals surface area contributed by atoms with Crippen molar-refractivity contribution in [2.24, 2.45) is 0 Å². The first-order valence-corrected chi connectivity index (χ1v) is 6.42. The van der Waals surface area contributed by atoms with Crippen LogP contribution >= 0.6 is 0 Å². The number of rotatable bonds is 0. The standard InChI is InChI=1S/Er.GeH4.Pt.H3Si/h;1H4;;1H3. The Morgan fingerprint density at radius 3 is 1.25 bits per heavy atom. The van der Waals surface area contributed by atoms with Crippen molar-refractivity contribution in [1.29, 1.82) is 0 Å². The molecular formula is H7ErGePtSi. The van der Waals surface area contributed by atoms with E-state index in [9.17, 15) is 0 Å². The van der Waals surface area contributed by atoms with Crippen LogP contribution < -0.4 is 0 Å². The zero-order chi connectivity index (χ0) is 2.00. The second-order valence-electron chi connectivity index (χ2n) is 0. The zero-order valence-corrected chi connectivity index (χ0v) is 7.73. The summed E-state index contributed by atoms with van der Waals surface area (Å²) < 4.78 is 0. The molecule has 0 spiro atoms. The van der Waals surface area contributed by atoms with E-state index in [-0.39, 0.29) is 38.7 Å². The van der Waals surface area contributed by atoms with Crippen LogP contribution in [0, 0.1) is 34.3 Å². The van der Waals surface area contributed by atoms with Crippen molar-refractivity contribution in [3.63, 3.8) is 0 Å². The molecule has 0 amide bonds. The molecule has 0 nitrogen and oxygen atoms in total. The van der Waals surface area contributed by atoms with Gasteiger partial charge in [-0.1, -0.05) is 0 Å². The van der Waals surface area contributed by atoms with E-state index in [0.29, 0.717) is 0 Å². The van der Waals surface area contributed by atoms with Gasteiger partial charge in [0.05, 0.1) is 0 Å². The summed E-state index contributed by atoms with van der Waals surface area (Å²) in [7, 11) is 0.